The molecule has 3 aromatic carbocycles. The predicted octanol–water partition coefficient (Wildman–Crippen LogP) is 5.55. The SMILES string of the molecule is CC(C)(C)c1ccc(C(=O)OOP(=O)(O)O)cc1.Cc1ccccc1C(=O)O.Cc1ccccc1C(=O)O. The molecule has 3 rings (SSSR count). The molecule has 0 bridgehead atoms. The Bertz CT molecular complexity index is 1230. The van der Waals surface area contributed by atoms with Gasteiger partial charge < -0.3 is 20.0 Å². The second kappa shape index (κ2) is 14.2. The van der Waals surface area contributed by atoms with Crippen LogP contribution in [0, 0.1) is 13.8 Å². The van der Waals surface area contributed by atoms with Crippen molar-refractivity contribution in [2.24, 2.45) is 0 Å². The normalized spacial score (nSPS) is 10.7. The zero-order valence-corrected chi connectivity index (χ0v) is 22.5. The third-order valence-corrected chi connectivity index (χ3v) is 5.22. The third kappa shape index (κ3) is 11.5. The molecular formula is C27H31O10P. The topological polar surface area (TPSA) is 168 Å². The summed E-state index contributed by atoms with van der Waals surface area (Å²) in [5.41, 5.74) is 3.48. The van der Waals surface area contributed by atoms with E-state index in [-0.39, 0.29) is 11.0 Å². The van der Waals surface area contributed by atoms with Gasteiger partial charge in [-0.2, -0.15) is 0 Å². The number of hydrogen-bond donors (Lipinski definition) is 4. The average Bonchev–Trinajstić information content (AvgIpc) is 2.82. The number of aryl methyl sites for hydroxylation is 2. The second-order valence-corrected chi connectivity index (χ2v) is 10.1. The molecule has 0 heterocycles. The molecule has 0 unspecified atom stereocenters. The zero-order chi connectivity index (χ0) is 29.1. The van der Waals surface area contributed by atoms with Crippen LogP contribution in [0.3, 0.4) is 0 Å². The molecule has 11 heteroatoms. The summed E-state index contributed by atoms with van der Waals surface area (Å²) in [6, 6.07) is 20.3. The number of carboxylic acid groups (broad SMARTS) is 2. The first kappa shape index (κ1) is 32.2. The molecule has 0 spiro atoms. The maximum atomic E-state index is 11.4. The fraction of sp³-hybridized carbons (Fsp3) is 0.222. The van der Waals surface area contributed by atoms with Crippen LogP contribution in [0.25, 0.3) is 0 Å². The molecule has 0 aliphatic heterocycles. The van der Waals surface area contributed by atoms with E-state index in [0.29, 0.717) is 11.1 Å². The third-order valence-electron chi connectivity index (χ3n) is 4.95. The van der Waals surface area contributed by atoms with Crippen molar-refractivity contribution in [3.63, 3.8) is 0 Å². The minimum absolute atomic E-state index is 0.0508. The Morgan fingerprint density at radius 1 is 0.711 bits per heavy atom. The average molecular weight is 547 g/mol. The van der Waals surface area contributed by atoms with Gasteiger partial charge in [0.1, 0.15) is 0 Å². The molecule has 38 heavy (non-hydrogen) atoms. The van der Waals surface area contributed by atoms with Gasteiger partial charge >= 0.3 is 25.7 Å². The Labute approximate surface area is 220 Å². The lowest BCUT2D eigenvalue weighted by Crippen LogP contribution is -2.11. The van der Waals surface area contributed by atoms with Gasteiger partial charge in [-0.25, -0.2) is 18.9 Å². The van der Waals surface area contributed by atoms with E-state index >= 15 is 0 Å². The van der Waals surface area contributed by atoms with E-state index in [2.05, 4.69) is 9.56 Å². The molecule has 204 valence electrons. The van der Waals surface area contributed by atoms with Crippen LogP contribution in [0.5, 0.6) is 0 Å². The number of rotatable bonds is 5. The molecule has 0 fully saturated rings. The van der Waals surface area contributed by atoms with E-state index in [1.54, 1.807) is 62.4 Å². The molecule has 3 aromatic rings. The number of hydrogen-bond acceptors (Lipinski definition) is 6. The lowest BCUT2D eigenvalue weighted by atomic mass is 9.87. The first-order valence-corrected chi connectivity index (χ1v) is 12.7. The molecule has 4 N–H and O–H groups in total. The van der Waals surface area contributed by atoms with E-state index in [4.69, 9.17) is 20.0 Å². The molecule has 0 radical (unpaired) electrons. The largest absolute Gasteiger partial charge is 0.505 e. The standard InChI is InChI=1S/C11H15O6P.2C8H8O2/c1-11(2,3)9-6-4-8(5-7-9)10(12)16-17-18(13,14)15;2*1-6-4-2-3-5-7(6)8(9)10/h4-7H,1-3H3,(H2,13,14,15);2*2-5H,1H3,(H,9,10). The van der Waals surface area contributed by atoms with Crippen LogP contribution < -0.4 is 0 Å². The first-order valence-electron chi connectivity index (χ1n) is 11.2. The van der Waals surface area contributed by atoms with Crippen LogP contribution in [-0.2, 0) is 19.5 Å². The molecule has 0 aromatic heterocycles. The van der Waals surface area contributed by atoms with Crippen molar-refractivity contribution >= 4 is 25.7 Å². The highest BCUT2D eigenvalue weighted by Gasteiger charge is 2.20. The number of phosphoric acid groups is 1. The summed E-state index contributed by atoms with van der Waals surface area (Å²) in [5.74, 6) is -2.69. The summed E-state index contributed by atoms with van der Waals surface area (Å²) in [4.78, 5) is 53.0. The summed E-state index contributed by atoms with van der Waals surface area (Å²) in [6.45, 7) is 9.64. The Hall–Kier alpha value is -3.82. The van der Waals surface area contributed by atoms with Gasteiger partial charge in [0.25, 0.3) is 0 Å². The second-order valence-electron chi connectivity index (χ2n) is 9.00. The van der Waals surface area contributed by atoms with E-state index < -0.39 is 25.7 Å². The summed E-state index contributed by atoms with van der Waals surface area (Å²) >= 11 is 0. The van der Waals surface area contributed by atoms with Gasteiger partial charge in [-0.05, 0) is 60.2 Å². The fourth-order valence-electron chi connectivity index (χ4n) is 2.86. The van der Waals surface area contributed by atoms with Crippen molar-refractivity contribution in [2.45, 2.75) is 40.0 Å². The number of carbonyl (C=O) groups excluding carboxylic acids is 1. The maximum absolute atomic E-state index is 11.4. The molecule has 0 saturated carbocycles. The molecule has 0 atom stereocenters. The smallest absolute Gasteiger partial charge is 0.478 e. The summed E-state index contributed by atoms with van der Waals surface area (Å²) in [6.07, 6.45) is 0. The van der Waals surface area contributed by atoms with Gasteiger partial charge in [-0.1, -0.05) is 74.0 Å². The molecule has 0 aliphatic carbocycles. The van der Waals surface area contributed by atoms with Crippen molar-refractivity contribution in [1.29, 1.82) is 0 Å². The van der Waals surface area contributed by atoms with E-state index in [1.807, 2.05) is 32.9 Å². The molecular weight excluding hydrogens is 515 g/mol. The van der Waals surface area contributed by atoms with Crippen molar-refractivity contribution in [3.8, 4) is 0 Å². The lowest BCUT2D eigenvalue weighted by Gasteiger charge is -2.18. The van der Waals surface area contributed by atoms with Crippen LogP contribution >= 0.6 is 7.82 Å². The van der Waals surface area contributed by atoms with Gasteiger partial charge in [0.2, 0.25) is 0 Å². The van der Waals surface area contributed by atoms with Crippen LogP contribution in [0.4, 0.5) is 0 Å². The zero-order valence-electron chi connectivity index (χ0n) is 21.6. The van der Waals surface area contributed by atoms with Gasteiger partial charge in [-0.15, -0.1) is 0 Å². The van der Waals surface area contributed by atoms with Crippen LogP contribution in [-0.4, -0.2) is 37.9 Å². The van der Waals surface area contributed by atoms with Gasteiger partial charge in [0, 0.05) is 0 Å². The van der Waals surface area contributed by atoms with E-state index in [1.165, 1.54) is 12.1 Å². The van der Waals surface area contributed by atoms with Crippen LogP contribution in [0.15, 0.2) is 72.8 Å². The Morgan fingerprint density at radius 3 is 1.39 bits per heavy atom. The number of aromatic carboxylic acids is 2. The Kier molecular flexibility index (Phi) is 12.0. The van der Waals surface area contributed by atoms with Crippen molar-refractivity contribution < 1.29 is 48.5 Å². The summed E-state index contributed by atoms with van der Waals surface area (Å²) in [5, 5.41) is 17.1. The predicted molar refractivity (Wildman–Crippen MR) is 140 cm³/mol. The number of benzene rings is 3. The Morgan fingerprint density at radius 2 is 1.11 bits per heavy atom. The van der Waals surface area contributed by atoms with E-state index in [9.17, 15) is 18.9 Å². The maximum Gasteiger partial charge on any atom is 0.505 e. The minimum atomic E-state index is -4.82. The highest BCUT2D eigenvalue weighted by atomic mass is 31.2. The van der Waals surface area contributed by atoms with Gasteiger partial charge in [0.15, 0.2) is 0 Å². The Balaban J connectivity index is 0.000000307. The van der Waals surface area contributed by atoms with Crippen molar-refractivity contribution in [3.05, 3.63) is 106 Å². The van der Waals surface area contributed by atoms with Gasteiger partial charge in [0.05, 0.1) is 16.7 Å². The number of carbonyl (C=O) groups is 3. The lowest BCUT2D eigenvalue weighted by molar-refractivity contribution is -0.166. The van der Waals surface area contributed by atoms with Crippen LogP contribution in [0.2, 0.25) is 0 Å². The molecule has 0 saturated heterocycles. The summed E-state index contributed by atoms with van der Waals surface area (Å²) in [7, 11) is -4.82. The monoisotopic (exact) mass is 546 g/mol. The summed E-state index contributed by atoms with van der Waals surface area (Å²) < 4.78 is 14.0. The highest BCUT2D eigenvalue weighted by Crippen LogP contribution is 2.36. The van der Waals surface area contributed by atoms with Crippen LogP contribution in [0.1, 0.15) is 68.5 Å². The van der Waals surface area contributed by atoms with Crippen molar-refractivity contribution in [2.75, 3.05) is 0 Å². The minimum Gasteiger partial charge on any atom is -0.478 e. The van der Waals surface area contributed by atoms with Gasteiger partial charge in [-0.3, -0.25) is 4.89 Å². The highest BCUT2D eigenvalue weighted by molar-refractivity contribution is 7.46. The quantitative estimate of drug-likeness (QED) is 0.181. The first-order chi connectivity index (χ1) is 17.5. The number of carboxylic acids is 2. The van der Waals surface area contributed by atoms with E-state index in [0.717, 1.165) is 16.7 Å². The molecule has 0 amide bonds. The molecule has 10 nitrogen and oxygen atoms in total. The fourth-order valence-corrected chi connectivity index (χ4v) is 3.03. The molecule has 0 aliphatic rings. The van der Waals surface area contributed by atoms with Crippen molar-refractivity contribution in [1.82, 2.24) is 0 Å².